The van der Waals surface area contributed by atoms with Crippen LogP contribution >= 0.6 is 11.6 Å². The van der Waals surface area contributed by atoms with Gasteiger partial charge in [0.2, 0.25) is 15.9 Å². The van der Waals surface area contributed by atoms with Crippen molar-refractivity contribution in [1.82, 2.24) is 14.6 Å². The summed E-state index contributed by atoms with van der Waals surface area (Å²) in [6.07, 6.45) is 3.33. The Balaban J connectivity index is 1.95. The molecule has 0 aliphatic heterocycles. The maximum atomic E-state index is 12.2. The lowest BCUT2D eigenvalue weighted by molar-refractivity contribution is -0.129. The van der Waals surface area contributed by atoms with Gasteiger partial charge in [-0.3, -0.25) is 9.78 Å². The molecule has 1 aromatic carbocycles. The minimum absolute atomic E-state index is 0.116. The Kier molecular flexibility index (Phi) is 6.30. The molecular formula is C16H18ClN3O3S. The smallest absolute Gasteiger partial charge is 0.240 e. The SMILES string of the molecule is CC(=O)N(CCNS(=O)(=O)c1ccc(Cl)cc1)Cc1cccnc1. The molecule has 0 saturated heterocycles. The van der Waals surface area contributed by atoms with Gasteiger partial charge in [-0.1, -0.05) is 17.7 Å². The van der Waals surface area contributed by atoms with Gasteiger partial charge in [-0.05, 0) is 35.9 Å². The van der Waals surface area contributed by atoms with E-state index in [-0.39, 0.29) is 23.9 Å². The largest absolute Gasteiger partial charge is 0.337 e. The fraction of sp³-hybridized carbons (Fsp3) is 0.250. The number of amides is 1. The summed E-state index contributed by atoms with van der Waals surface area (Å²) in [5, 5.41) is 0.466. The monoisotopic (exact) mass is 367 g/mol. The van der Waals surface area contributed by atoms with Crippen molar-refractivity contribution < 1.29 is 13.2 Å². The van der Waals surface area contributed by atoms with Crippen molar-refractivity contribution >= 4 is 27.5 Å². The summed E-state index contributed by atoms with van der Waals surface area (Å²) in [7, 11) is -3.63. The van der Waals surface area contributed by atoms with E-state index < -0.39 is 10.0 Å². The lowest BCUT2D eigenvalue weighted by Crippen LogP contribution is -2.37. The second kappa shape index (κ2) is 8.23. The van der Waals surface area contributed by atoms with Gasteiger partial charge in [0, 0.05) is 44.0 Å². The molecule has 128 valence electrons. The van der Waals surface area contributed by atoms with E-state index in [1.54, 1.807) is 23.4 Å². The molecule has 0 unspecified atom stereocenters. The van der Waals surface area contributed by atoms with E-state index in [9.17, 15) is 13.2 Å². The molecule has 0 radical (unpaired) electrons. The van der Waals surface area contributed by atoms with Crippen LogP contribution in [0.2, 0.25) is 5.02 Å². The molecular weight excluding hydrogens is 350 g/mol. The highest BCUT2D eigenvalue weighted by atomic mass is 35.5. The van der Waals surface area contributed by atoms with Gasteiger partial charge in [0.1, 0.15) is 0 Å². The van der Waals surface area contributed by atoms with E-state index in [1.807, 2.05) is 6.07 Å². The van der Waals surface area contributed by atoms with Crippen molar-refractivity contribution in [3.63, 3.8) is 0 Å². The summed E-state index contributed by atoms with van der Waals surface area (Å²) in [6.45, 7) is 2.21. The second-order valence-corrected chi connectivity index (χ2v) is 7.36. The first-order valence-electron chi connectivity index (χ1n) is 7.28. The number of aromatic nitrogens is 1. The molecule has 2 aromatic rings. The average Bonchev–Trinajstić information content (AvgIpc) is 2.55. The minimum atomic E-state index is -3.63. The van der Waals surface area contributed by atoms with Crippen LogP contribution in [0, 0.1) is 0 Å². The van der Waals surface area contributed by atoms with Crippen molar-refractivity contribution in [2.45, 2.75) is 18.4 Å². The summed E-state index contributed by atoms with van der Waals surface area (Å²) in [6, 6.07) is 9.55. The number of benzene rings is 1. The Hall–Kier alpha value is -1.96. The Labute approximate surface area is 146 Å². The maximum absolute atomic E-state index is 12.2. The normalized spacial score (nSPS) is 11.2. The van der Waals surface area contributed by atoms with Crippen molar-refractivity contribution in [2.75, 3.05) is 13.1 Å². The molecule has 0 aliphatic carbocycles. The summed E-state index contributed by atoms with van der Waals surface area (Å²) in [5.74, 6) is -0.135. The Morgan fingerprint density at radius 1 is 1.25 bits per heavy atom. The second-order valence-electron chi connectivity index (χ2n) is 5.15. The highest BCUT2D eigenvalue weighted by molar-refractivity contribution is 7.89. The first kappa shape index (κ1) is 18.4. The van der Waals surface area contributed by atoms with E-state index in [0.29, 0.717) is 11.6 Å². The molecule has 24 heavy (non-hydrogen) atoms. The molecule has 6 nitrogen and oxygen atoms in total. The molecule has 1 amide bonds. The van der Waals surface area contributed by atoms with Gasteiger partial charge in [0.15, 0.2) is 0 Å². The van der Waals surface area contributed by atoms with Gasteiger partial charge in [-0.25, -0.2) is 13.1 Å². The molecule has 2 rings (SSSR count). The summed E-state index contributed by atoms with van der Waals surface area (Å²) in [5.41, 5.74) is 0.883. The number of halogens is 1. The van der Waals surface area contributed by atoms with E-state index in [4.69, 9.17) is 11.6 Å². The van der Waals surface area contributed by atoms with E-state index >= 15 is 0 Å². The summed E-state index contributed by atoms with van der Waals surface area (Å²) >= 11 is 5.76. The van der Waals surface area contributed by atoms with Crippen molar-refractivity contribution in [2.24, 2.45) is 0 Å². The Morgan fingerprint density at radius 3 is 2.54 bits per heavy atom. The van der Waals surface area contributed by atoms with Crippen LogP contribution in [0.5, 0.6) is 0 Å². The van der Waals surface area contributed by atoms with Crippen LogP contribution in [-0.4, -0.2) is 37.3 Å². The third kappa shape index (κ3) is 5.30. The zero-order valence-corrected chi connectivity index (χ0v) is 14.7. The van der Waals surface area contributed by atoms with Crippen molar-refractivity contribution in [3.05, 3.63) is 59.4 Å². The van der Waals surface area contributed by atoms with Crippen LogP contribution in [-0.2, 0) is 21.4 Å². The predicted octanol–water partition coefficient (Wildman–Crippen LogP) is 2.06. The zero-order valence-electron chi connectivity index (χ0n) is 13.1. The van der Waals surface area contributed by atoms with Crippen LogP contribution in [0.1, 0.15) is 12.5 Å². The van der Waals surface area contributed by atoms with Gasteiger partial charge in [-0.15, -0.1) is 0 Å². The van der Waals surface area contributed by atoms with Crippen LogP contribution < -0.4 is 4.72 Å². The average molecular weight is 368 g/mol. The number of nitrogens with zero attached hydrogens (tertiary/aromatic N) is 2. The number of carbonyl (C=O) groups is 1. The number of carbonyl (C=O) groups excluding carboxylic acids is 1. The van der Waals surface area contributed by atoms with Gasteiger partial charge >= 0.3 is 0 Å². The number of pyridine rings is 1. The lowest BCUT2D eigenvalue weighted by Gasteiger charge is -2.21. The highest BCUT2D eigenvalue weighted by Gasteiger charge is 2.15. The molecule has 0 aliphatic rings. The van der Waals surface area contributed by atoms with Crippen LogP contribution in [0.4, 0.5) is 0 Å². The first-order valence-corrected chi connectivity index (χ1v) is 9.14. The predicted molar refractivity (Wildman–Crippen MR) is 92.0 cm³/mol. The van der Waals surface area contributed by atoms with Crippen molar-refractivity contribution in [3.8, 4) is 0 Å². The summed E-state index contributed by atoms with van der Waals surface area (Å²) < 4.78 is 26.9. The van der Waals surface area contributed by atoms with Crippen molar-refractivity contribution in [1.29, 1.82) is 0 Å². The lowest BCUT2D eigenvalue weighted by atomic mass is 10.2. The summed E-state index contributed by atoms with van der Waals surface area (Å²) in [4.78, 5) is 17.4. The van der Waals surface area contributed by atoms with Gasteiger partial charge in [0.25, 0.3) is 0 Å². The van der Waals surface area contributed by atoms with Gasteiger partial charge in [0.05, 0.1) is 4.90 Å². The molecule has 1 heterocycles. The van der Waals surface area contributed by atoms with E-state index in [2.05, 4.69) is 9.71 Å². The maximum Gasteiger partial charge on any atom is 0.240 e. The molecule has 0 bridgehead atoms. The van der Waals surface area contributed by atoms with E-state index in [0.717, 1.165) is 5.56 Å². The number of hydrogen-bond acceptors (Lipinski definition) is 4. The van der Waals surface area contributed by atoms with E-state index in [1.165, 1.54) is 31.2 Å². The quantitative estimate of drug-likeness (QED) is 0.812. The Morgan fingerprint density at radius 2 is 1.96 bits per heavy atom. The number of rotatable bonds is 7. The molecule has 0 fully saturated rings. The topological polar surface area (TPSA) is 79.4 Å². The molecule has 0 saturated carbocycles. The minimum Gasteiger partial charge on any atom is -0.337 e. The van der Waals surface area contributed by atoms with Gasteiger partial charge in [-0.2, -0.15) is 0 Å². The number of hydrogen-bond donors (Lipinski definition) is 1. The zero-order chi connectivity index (χ0) is 17.6. The molecule has 1 N–H and O–H groups in total. The van der Waals surface area contributed by atoms with Crippen LogP contribution in [0.25, 0.3) is 0 Å². The molecule has 1 aromatic heterocycles. The third-order valence-electron chi connectivity index (χ3n) is 3.34. The molecule has 0 atom stereocenters. The van der Waals surface area contributed by atoms with Gasteiger partial charge < -0.3 is 4.90 Å². The standard InChI is InChI=1S/C16H18ClN3O3S/c1-13(21)20(12-14-3-2-8-18-11-14)10-9-19-24(22,23)16-6-4-15(17)5-7-16/h2-8,11,19H,9-10,12H2,1H3. The Bertz CT molecular complexity index is 780. The highest BCUT2D eigenvalue weighted by Crippen LogP contribution is 2.13. The fourth-order valence-electron chi connectivity index (χ4n) is 2.07. The first-order chi connectivity index (χ1) is 11.4. The molecule has 8 heteroatoms. The number of sulfonamides is 1. The van der Waals surface area contributed by atoms with Crippen LogP contribution in [0.3, 0.4) is 0 Å². The van der Waals surface area contributed by atoms with Crippen LogP contribution in [0.15, 0.2) is 53.7 Å². The third-order valence-corrected chi connectivity index (χ3v) is 5.07. The fourth-order valence-corrected chi connectivity index (χ4v) is 3.22. The molecule has 0 spiro atoms. The number of nitrogens with one attached hydrogen (secondary N) is 1.